The second-order valence-corrected chi connectivity index (χ2v) is 5.30. The topological polar surface area (TPSA) is 32.3 Å². The average Bonchev–Trinajstić information content (AvgIpc) is 2.30. The van der Waals surface area contributed by atoms with Gasteiger partial charge in [0.05, 0.1) is 6.61 Å². The van der Waals surface area contributed by atoms with Gasteiger partial charge in [-0.1, -0.05) is 26.0 Å². The van der Waals surface area contributed by atoms with Gasteiger partial charge in [0, 0.05) is 5.54 Å². The van der Waals surface area contributed by atoms with Crippen molar-refractivity contribution < 1.29 is 9.50 Å². The molecule has 1 atom stereocenters. The summed E-state index contributed by atoms with van der Waals surface area (Å²) < 4.78 is 12.8. The second-order valence-electron chi connectivity index (χ2n) is 5.30. The highest BCUT2D eigenvalue weighted by Gasteiger charge is 2.23. The Balaban J connectivity index is 2.64. The minimum Gasteiger partial charge on any atom is -0.394 e. The monoisotopic (exact) mass is 239 g/mol. The fourth-order valence-corrected chi connectivity index (χ4v) is 1.68. The van der Waals surface area contributed by atoms with Gasteiger partial charge < -0.3 is 10.4 Å². The molecule has 0 bridgehead atoms. The average molecular weight is 239 g/mol. The first-order chi connectivity index (χ1) is 7.95. The van der Waals surface area contributed by atoms with Gasteiger partial charge in [-0.3, -0.25) is 0 Å². The molecule has 0 aromatic heterocycles. The number of rotatable bonds is 6. The lowest BCUT2D eigenvalue weighted by Gasteiger charge is -2.30. The quantitative estimate of drug-likeness (QED) is 0.798. The molecule has 0 radical (unpaired) electrons. The summed E-state index contributed by atoms with van der Waals surface area (Å²) in [7, 11) is 0. The van der Waals surface area contributed by atoms with Gasteiger partial charge in [-0.2, -0.15) is 0 Å². The minimum absolute atomic E-state index is 0.0666. The van der Waals surface area contributed by atoms with E-state index in [-0.39, 0.29) is 18.0 Å². The summed E-state index contributed by atoms with van der Waals surface area (Å²) in [5, 5.41) is 12.8. The van der Waals surface area contributed by atoms with Crippen LogP contribution < -0.4 is 5.32 Å². The maximum atomic E-state index is 12.8. The molecule has 0 saturated carbocycles. The summed E-state index contributed by atoms with van der Waals surface area (Å²) in [6, 6.07) is 6.44. The van der Waals surface area contributed by atoms with Crippen LogP contribution in [0, 0.1) is 11.7 Å². The molecule has 0 aliphatic heterocycles. The number of aliphatic hydroxyl groups excluding tert-OH is 1. The molecule has 3 heteroatoms. The molecule has 2 nitrogen and oxygen atoms in total. The first-order valence-corrected chi connectivity index (χ1v) is 6.05. The predicted octanol–water partition coefficient (Wildman–Crippen LogP) is 2.36. The van der Waals surface area contributed by atoms with Gasteiger partial charge >= 0.3 is 0 Å². The molecule has 17 heavy (non-hydrogen) atoms. The zero-order chi connectivity index (χ0) is 12.9. The van der Waals surface area contributed by atoms with E-state index in [2.05, 4.69) is 19.2 Å². The Morgan fingerprint density at radius 1 is 1.29 bits per heavy atom. The van der Waals surface area contributed by atoms with Crippen molar-refractivity contribution in [2.45, 2.75) is 32.7 Å². The van der Waals surface area contributed by atoms with Crippen LogP contribution >= 0.6 is 0 Å². The zero-order valence-electron chi connectivity index (χ0n) is 10.8. The lowest BCUT2D eigenvalue weighted by molar-refractivity contribution is 0.170. The van der Waals surface area contributed by atoms with Crippen molar-refractivity contribution in [1.29, 1.82) is 0 Å². The van der Waals surface area contributed by atoms with Gasteiger partial charge in [-0.15, -0.1) is 0 Å². The molecule has 0 aliphatic carbocycles. The summed E-state index contributed by atoms with van der Waals surface area (Å²) in [6.07, 6.45) is 0.691. The molecule has 1 rings (SSSR count). The first kappa shape index (κ1) is 14.1. The van der Waals surface area contributed by atoms with E-state index in [1.807, 2.05) is 6.92 Å². The van der Waals surface area contributed by atoms with Gasteiger partial charge in [0.1, 0.15) is 5.82 Å². The highest BCUT2D eigenvalue weighted by atomic mass is 19.1. The Morgan fingerprint density at radius 3 is 2.35 bits per heavy atom. The normalized spacial score (nSPS) is 14.9. The van der Waals surface area contributed by atoms with Crippen LogP contribution in [0.3, 0.4) is 0 Å². The van der Waals surface area contributed by atoms with E-state index in [4.69, 9.17) is 0 Å². The van der Waals surface area contributed by atoms with Gasteiger partial charge in [0.15, 0.2) is 0 Å². The Morgan fingerprint density at radius 2 is 1.88 bits per heavy atom. The highest BCUT2D eigenvalue weighted by molar-refractivity contribution is 5.18. The Labute approximate surface area is 103 Å². The number of hydrogen-bond acceptors (Lipinski definition) is 2. The molecule has 0 aliphatic rings. The number of benzene rings is 1. The molecule has 1 aromatic rings. The van der Waals surface area contributed by atoms with Crippen LogP contribution in [0.25, 0.3) is 0 Å². The van der Waals surface area contributed by atoms with Crippen molar-refractivity contribution >= 4 is 0 Å². The summed E-state index contributed by atoms with van der Waals surface area (Å²) in [5.41, 5.74) is 0.682. The number of aliphatic hydroxyl groups is 1. The van der Waals surface area contributed by atoms with Crippen molar-refractivity contribution in [1.82, 2.24) is 5.32 Å². The third-order valence-corrected chi connectivity index (χ3v) is 2.79. The van der Waals surface area contributed by atoms with Crippen molar-refractivity contribution in [3.05, 3.63) is 35.6 Å². The smallest absolute Gasteiger partial charge is 0.123 e. The van der Waals surface area contributed by atoms with Crippen LogP contribution in [0.4, 0.5) is 4.39 Å². The largest absolute Gasteiger partial charge is 0.394 e. The van der Waals surface area contributed by atoms with E-state index >= 15 is 0 Å². The van der Waals surface area contributed by atoms with Gasteiger partial charge in [0.25, 0.3) is 0 Å². The molecule has 0 saturated heterocycles. The lowest BCUT2D eigenvalue weighted by Crippen LogP contribution is -2.49. The Kier molecular flexibility index (Phi) is 5.09. The Bertz CT molecular complexity index is 337. The summed E-state index contributed by atoms with van der Waals surface area (Å²) >= 11 is 0. The minimum atomic E-state index is -0.345. The number of halogens is 1. The van der Waals surface area contributed by atoms with Gasteiger partial charge in [0.2, 0.25) is 0 Å². The predicted molar refractivity (Wildman–Crippen MR) is 68.4 cm³/mol. The number of nitrogens with one attached hydrogen (secondary N) is 1. The van der Waals surface area contributed by atoms with E-state index in [1.54, 1.807) is 12.1 Å². The third kappa shape index (κ3) is 4.84. The SMILES string of the molecule is CC(C)CNC(C)(CO)Cc1ccc(F)cc1. The van der Waals surface area contributed by atoms with E-state index < -0.39 is 0 Å². The molecular weight excluding hydrogens is 217 g/mol. The van der Waals surface area contributed by atoms with E-state index in [1.165, 1.54) is 12.1 Å². The van der Waals surface area contributed by atoms with Crippen LogP contribution in [0.15, 0.2) is 24.3 Å². The third-order valence-electron chi connectivity index (χ3n) is 2.79. The summed E-state index contributed by atoms with van der Waals surface area (Å²) in [4.78, 5) is 0. The molecule has 0 spiro atoms. The van der Waals surface area contributed by atoms with Crippen LogP contribution in [-0.2, 0) is 6.42 Å². The fraction of sp³-hybridized carbons (Fsp3) is 0.571. The van der Waals surface area contributed by atoms with Crippen molar-refractivity contribution in [3.63, 3.8) is 0 Å². The molecule has 0 heterocycles. The molecular formula is C14H22FNO. The van der Waals surface area contributed by atoms with Crippen LogP contribution in [0.1, 0.15) is 26.3 Å². The second kappa shape index (κ2) is 6.12. The maximum Gasteiger partial charge on any atom is 0.123 e. The van der Waals surface area contributed by atoms with E-state index in [9.17, 15) is 9.50 Å². The van der Waals surface area contributed by atoms with Crippen molar-refractivity contribution in [2.75, 3.05) is 13.2 Å². The molecule has 0 amide bonds. The maximum absolute atomic E-state index is 12.8. The number of hydrogen-bond donors (Lipinski definition) is 2. The summed E-state index contributed by atoms with van der Waals surface area (Å²) in [6.45, 7) is 7.17. The molecule has 96 valence electrons. The van der Waals surface area contributed by atoms with Crippen LogP contribution in [0.5, 0.6) is 0 Å². The molecule has 1 aromatic carbocycles. The van der Waals surface area contributed by atoms with E-state index in [0.29, 0.717) is 12.3 Å². The van der Waals surface area contributed by atoms with E-state index in [0.717, 1.165) is 12.1 Å². The molecule has 0 fully saturated rings. The Hall–Kier alpha value is -0.930. The zero-order valence-corrected chi connectivity index (χ0v) is 10.8. The van der Waals surface area contributed by atoms with Gasteiger partial charge in [-0.25, -0.2) is 4.39 Å². The van der Waals surface area contributed by atoms with Crippen LogP contribution in [-0.4, -0.2) is 23.8 Å². The van der Waals surface area contributed by atoms with Crippen molar-refractivity contribution in [2.24, 2.45) is 5.92 Å². The van der Waals surface area contributed by atoms with Crippen molar-refractivity contribution in [3.8, 4) is 0 Å². The highest BCUT2D eigenvalue weighted by Crippen LogP contribution is 2.14. The lowest BCUT2D eigenvalue weighted by atomic mass is 9.93. The standard InChI is InChI=1S/C14H22FNO/c1-11(2)9-16-14(3,10-17)8-12-4-6-13(15)7-5-12/h4-7,11,16-17H,8-10H2,1-3H3. The van der Waals surface area contributed by atoms with Crippen LogP contribution in [0.2, 0.25) is 0 Å². The summed E-state index contributed by atoms with van der Waals surface area (Å²) in [5.74, 6) is 0.309. The fourth-order valence-electron chi connectivity index (χ4n) is 1.68. The first-order valence-electron chi connectivity index (χ1n) is 6.05. The molecule has 2 N–H and O–H groups in total. The van der Waals surface area contributed by atoms with Gasteiger partial charge in [-0.05, 0) is 43.5 Å². The molecule has 1 unspecified atom stereocenters.